The van der Waals surface area contributed by atoms with Crippen molar-refractivity contribution in [2.45, 2.75) is 25.7 Å². The number of carboxylic acid groups (broad SMARTS) is 1. The summed E-state index contributed by atoms with van der Waals surface area (Å²) in [4.78, 5) is 28.4. The molecule has 4 heterocycles. The number of benzene rings is 1. The van der Waals surface area contributed by atoms with Gasteiger partial charge in [0.2, 0.25) is 5.82 Å². The summed E-state index contributed by atoms with van der Waals surface area (Å²) >= 11 is 0. The van der Waals surface area contributed by atoms with Crippen LogP contribution in [-0.4, -0.2) is 60.9 Å². The van der Waals surface area contributed by atoms with Crippen molar-refractivity contribution < 1.29 is 32.3 Å². The summed E-state index contributed by atoms with van der Waals surface area (Å²) < 4.78 is 47.0. The fraction of sp³-hybridized carbons (Fsp3) is 0.348. The van der Waals surface area contributed by atoms with Crippen LogP contribution in [0.1, 0.15) is 22.1 Å². The number of carbonyl (C=O) groups excluding carboxylic acids is 1. The van der Waals surface area contributed by atoms with Gasteiger partial charge in [-0.3, -0.25) is 14.7 Å². The van der Waals surface area contributed by atoms with Gasteiger partial charge >= 0.3 is 12.1 Å². The van der Waals surface area contributed by atoms with Gasteiger partial charge in [0.25, 0.3) is 5.91 Å². The van der Waals surface area contributed by atoms with E-state index in [9.17, 15) is 22.4 Å². The van der Waals surface area contributed by atoms with E-state index in [4.69, 9.17) is 9.90 Å². The van der Waals surface area contributed by atoms with Gasteiger partial charge in [0.05, 0.1) is 5.69 Å². The molecular formula is C23H22F4N6O3. The molecular weight excluding hydrogens is 484 g/mol. The minimum atomic E-state index is -5.08. The molecule has 2 unspecified atom stereocenters. The highest BCUT2D eigenvalue weighted by molar-refractivity contribution is 6.01. The van der Waals surface area contributed by atoms with Gasteiger partial charge in [-0.1, -0.05) is 12.1 Å². The zero-order chi connectivity index (χ0) is 25.9. The number of aliphatic carboxylic acids is 1. The Balaban J connectivity index is 0.000000384. The molecule has 0 aliphatic carbocycles. The van der Waals surface area contributed by atoms with Crippen molar-refractivity contribution in [3.63, 3.8) is 0 Å². The number of hydrogen-bond acceptors (Lipinski definition) is 6. The van der Waals surface area contributed by atoms with Crippen LogP contribution in [0.4, 0.5) is 23.2 Å². The van der Waals surface area contributed by atoms with Crippen LogP contribution < -0.4 is 5.32 Å². The van der Waals surface area contributed by atoms with Crippen LogP contribution in [0.2, 0.25) is 0 Å². The standard InChI is InChI=1S/C21H21FN6O.C2HF3O2/c22-16-4-3-6-17(9-16)24-21(29)20-26-25-19-8-14-10-27(11-15(14)12-28(19)20)13-18-5-1-2-7-23-18;3-2(4,5)1(6)7/h1-7,9,14-15H,8,10-13H2,(H,24,29);(H,6,7). The fourth-order valence-electron chi connectivity index (χ4n) is 4.39. The number of nitrogens with one attached hydrogen (secondary N) is 1. The molecule has 1 aromatic carbocycles. The summed E-state index contributed by atoms with van der Waals surface area (Å²) in [6, 6.07) is 11.8. The molecule has 1 fully saturated rings. The van der Waals surface area contributed by atoms with Gasteiger partial charge in [0.15, 0.2) is 0 Å². The summed E-state index contributed by atoms with van der Waals surface area (Å²) in [5, 5.41) is 18.2. The minimum Gasteiger partial charge on any atom is -0.475 e. The van der Waals surface area contributed by atoms with E-state index in [2.05, 4.69) is 25.4 Å². The van der Waals surface area contributed by atoms with E-state index in [1.54, 1.807) is 12.1 Å². The maximum absolute atomic E-state index is 13.4. The van der Waals surface area contributed by atoms with Gasteiger partial charge in [0, 0.05) is 44.5 Å². The van der Waals surface area contributed by atoms with Gasteiger partial charge < -0.3 is 15.0 Å². The average molecular weight is 506 g/mol. The third-order valence-corrected chi connectivity index (χ3v) is 5.98. The Morgan fingerprint density at radius 1 is 1.06 bits per heavy atom. The number of rotatable bonds is 4. The van der Waals surface area contributed by atoms with E-state index in [1.807, 2.05) is 29.0 Å². The van der Waals surface area contributed by atoms with E-state index < -0.39 is 18.0 Å². The SMILES string of the molecule is O=C(Nc1cccc(F)c1)c1nnc2n1CC1CN(Cc3ccccn3)CC1C2.O=C(O)C(F)(F)F. The number of fused-ring (bicyclic) bond motifs is 2. The number of amides is 1. The van der Waals surface area contributed by atoms with E-state index in [0.29, 0.717) is 17.5 Å². The third-order valence-electron chi connectivity index (χ3n) is 5.98. The molecule has 0 bridgehead atoms. The summed E-state index contributed by atoms with van der Waals surface area (Å²) in [5.74, 6) is -1.44. The molecule has 0 saturated carbocycles. The van der Waals surface area contributed by atoms with E-state index in [-0.39, 0.29) is 11.7 Å². The number of hydrogen-bond donors (Lipinski definition) is 2. The number of likely N-dealkylation sites (tertiary alicyclic amines) is 1. The quantitative estimate of drug-likeness (QED) is 0.523. The Morgan fingerprint density at radius 2 is 1.81 bits per heavy atom. The molecule has 36 heavy (non-hydrogen) atoms. The average Bonchev–Trinajstić information content (AvgIpc) is 3.40. The number of anilines is 1. The lowest BCUT2D eigenvalue weighted by Crippen LogP contribution is -2.31. The highest BCUT2D eigenvalue weighted by Gasteiger charge is 2.39. The van der Waals surface area contributed by atoms with Crippen molar-refractivity contribution in [2.75, 3.05) is 18.4 Å². The minimum absolute atomic E-state index is 0.283. The molecule has 2 aromatic heterocycles. The first kappa shape index (κ1) is 25.2. The first-order valence-electron chi connectivity index (χ1n) is 11.0. The molecule has 1 amide bonds. The zero-order valence-corrected chi connectivity index (χ0v) is 18.8. The molecule has 2 N–H and O–H groups in total. The van der Waals surface area contributed by atoms with Crippen LogP contribution in [0.15, 0.2) is 48.7 Å². The van der Waals surface area contributed by atoms with E-state index >= 15 is 0 Å². The van der Waals surface area contributed by atoms with Crippen LogP contribution in [0, 0.1) is 17.7 Å². The molecule has 5 rings (SSSR count). The van der Waals surface area contributed by atoms with Gasteiger partial charge in [0.1, 0.15) is 11.6 Å². The number of carboxylic acids is 1. The normalized spacial score (nSPS) is 19.0. The van der Waals surface area contributed by atoms with Crippen molar-refractivity contribution in [3.05, 3.63) is 71.8 Å². The molecule has 2 atom stereocenters. The second kappa shape index (κ2) is 10.4. The molecule has 2 aliphatic heterocycles. The van der Waals surface area contributed by atoms with Gasteiger partial charge in [-0.15, -0.1) is 10.2 Å². The zero-order valence-electron chi connectivity index (χ0n) is 18.8. The summed E-state index contributed by atoms with van der Waals surface area (Å²) in [6.45, 7) is 3.52. The van der Waals surface area contributed by atoms with Crippen LogP contribution in [0.25, 0.3) is 0 Å². The van der Waals surface area contributed by atoms with Gasteiger partial charge in [-0.2, -0.15) is 13.2 Å². The lowest BCUT2D eigenvalue weighted by Gasteiger charge is -2.25. The maximum atomic E-state index is 13.4. The van der Waals surface area contributed by atoms with Crippen LogP contribution in [0.5, 0.6) is 0 Å². The number of pyridine rings is 1. The topological polar surface area (TPSA) is 113 Å². The number of aromatic nitrogens is 4. The first-order valence-corrected chi connectivity index (χ1v) is 11.0. The Bertz CT molecular complexity index is 1230. The molecule has 0 spiro atoms. The second-order valence-electron chi connectivity index (χ2n) is 8.56. The first-order chi connectivity index (χ1) is 17.1. The summed E-state index contributed by atoms with van der Waals surface area (Å²) in [7, 11) is 0. The fourth-order valence-corrected chi connectivity index (χ4v) is 4.39. The number of carbonyl (C=O) groups is 2. The molecule has 2 aliphatic rings. The molecule has 1 saturated heterocycles. The lowest BCUT2D eigenvalue weighted by atomic mass is 9.89. The summed E-state index contributed by atoms with van der Waals surface area (Å²) in [6.07, 6.45) is -2.45. The van der Waals surface area contributed by atoms with E-state index in [0.717, 1.165) is 44.1 Å². The third kappa shape index (κ3) is 6.03. The molecule has 0 radical (unpaired) electrons. The molecule has 13 heteroatoms. The predicted molar refractivity (Wildman–Crippen MR) is 118 cm³/mol. The predicted octanol–water partition coefficient (Wildman–Crippen LogP) is 3.00. The number of halogens is 4. The number of nitrogens with zero attached hydrogens (tertiary/aromatic N) is 5. The van der Waals surface area contributed by atoms with Gasteiger partial charge in [-0.05, 0) is 42.2 Å². The molecule has 9 nitrogen and oxygen atoms in total. The monoisotopic (exact) mass is 506 g/mol. The Labute approximate surface area is 202 Å². The Morgan fingerprint density at radius 3 is 2.47 bits per heavy atom. The highest BCUT2D eigenvalue weighted by atomic mass is 19.4. The smallest absolute Gasteiger partial charge is 0.475 e. The number of alkyl halides is 3. The van der Waals surface area contributed by atoms with Crippen molar-refractivity contribution >= 4 is 17.6 Å². The van der Waals surface area contributed by atoms with Crippen LogP contribution >= 0.6 is 0 Å². The Hall–Kier alpha value is -3.87. The summed E-state index contributed by atoms with van der Waals surface area (Å²) in [5.41, 5.74) is 1.48. The maximum Gasteiger partial charge on any atom is 0.490 e. The van der Waals surface area contributed by atoms with Gasteiger partial charge in [-0.25, -0.2) is 9.18 Å². The highest BCUT2D eigenvalue weighted by Crippen LogP contribution is 2.33. The molecule has 3 aromatic rings. The molecule has 190 valence electrons. The van der Waals surface area contributed by atoms with Crippen molar-refractivity contribution in [1.29, 1.82) is 0 Å². The Kier molecular flexibility index (Phi) is 7.29. The van der Waals surface area contributed by atoms with Crippen molar-refractivity contribution in [2.24, 2.45) is 11.8 Å². The lowest BCUT2D eigenvalue weighted by molar-refractivity contribution is -0.192. The largest absolute Gasteiger partial charge is 0.490 e. The van der Waals surface area contributed by atoms with Crippen molar-refractivity contribution in [3.8, 4) is 0 Å². The van der Waals surface area contributed by atoms with E-state index in [1.165, 1.54) is 12.1 Å². The second-order valence-corrected chi connectivity index (χ2v) is 8.56. The van der Waals surface area contributed by atoms with Crippen LogP contribution in [0.3, 0.4) is 0 Å². The van der Waals surface area contributed by atoms with Crippen molar-refractivity contribution in [1.82, 2.24) is 24.6 Å². The van der Waals surface area contributed by atoms with Crippen LogP contribution in [-0.2, 0) is 24.3 Å².